The Labute approximate surface area is 454 Å². The summed E-state index contributed by atoms with van der Waals surface area (Å²) in [6, 6.07) is 0. The van der Waals surface area contributed by atoms with Crippen molar-refractivity contribution in [1.82, 2.24) is 0 Å². The number of hydrogen-bond acceptors (Lipinski definition) is 6. The molecule has 0 saturated heterocycles. The van der Waals surface area contributed by atoms with E-state index in [2.05, 4.69) is 69.4 Å². The highest BCUT2D eigenvalue weighted by Crippen LogP contribution is 2.17. The largest absolute Gasteiger partial charge is 0.462 e. The molecule has 0 fully saturated rings. The minimum absolute atomic E-state index is 0.0741. The molecule has 0 amide bonds. The average molecular weight is 1020 g/mol. The second kappa shape index (κ2) is 61.9. The van der Waals surface area contributed by atoms with Gasteiger partial charge in [-0.1, -0.05) is 294 Å². The molecule has 0 aliphatic heterocycles. The molecule has 0 aromatic rings. The molecule has 0 heterocycles. The van der Waals surface area contributed by atoms with Crippen molar-refractivity contribution >= 4 is 17.9 Å². The summed E-state index contributed by atoms with van der Waals surface area (Å²) in [5, 5.41) is 0. The Hall–Kier alpha value is -2.63. The predicted octanol–water partition coefficient (Wildman–Crippen LogP) is 21.8. The molecule has 6 heteroatoms. The number of rotatable bonds is 59. The van der Waals surface area contributed by atoms with Gasteiger partial charge < -0.3 is 14.2 Å². The molecule has 0 aliphatic carbocycles. The van der Waals surface area contributed by atoms with Gasteiger partial charge in [-0.2, -0.15) is 0 Å². The number of carbonyl (C=O) groups excluding carboxylic acids is 3. The molecule has 0 aromatic heterocycles. The first kappa shape index (κ1) is 70.4. The topological polar surface area (TPSA) is 78.9 Å². The number of hydrogen-bond donors (Lipinski definition) is 0. The van der Waals surface area contributed by atoms with Crippen molar-refractivity contribution < 1.29 is 28.6 Å². The van der Waals surface area contributed by atoms with Gasteiger partial charge in [0.15, 0.2) is 6.10 Å². The molecule has 0 radical (unpaired) electrons. The van der Waals surface area contributed by atoms with E-state index in [0.29, 0.717) is 19.3 Å². The summed E-state index contributed by atoms with van der Waals surface area (Å²) in [5.74, 6) is -0.866. The average Bonchev–Trinajstić information content (AvgIpc) is 3.39. The quantitative estimate of drug-likeness (QED) is 0.0261. The summed E-state index contributed by atoms with van der Waals surface area (Å²) in [5.41, 5.74) is 0. The van der Waals surface area contributed by atoms with Crippen LogP contribution in [0.2, 0.25) is 0 Å². The molecule has 1 unspecified atom stereocenters. The summed E-state index contributed by atoms with van der Waals surface area (Å²) < 4.78 is 16.9. The molecule has 0 spiro atoms. The second-order valence-electron chi connectivity index (χ2n) is 21.6. The zero-order valence-electron chi connectivity index (χ0n) is 48.9. The molecule has 0 aromatic carbocycles. The Bertz CT molecular complexity index is 1270. The van der Waals surface area contributed by atoms with E-state index >= 15 is 0 Å². The molecular weight excluding hydrogens is 901 g/mol. The van der Waals surface area contributed by atoms with E-state index in [9.17, 15) is 14.4 Å². The Balaban J connectivity index is 4.35. The van der Waals surface area contributed by atoms with E-state index < -0.39 is 6.10 Å². The molecule has 1 atom stereocenters. The highest BCUT2D eigenvalue weighted by atomic mass is 16.6. The first-order valence-corrected chi connectivity index (χ1v) is 32.1. The fraction of sp³-hybridized carbons (Fsp3) is 0.836. The van der Waals surface area contributed by atoms with Crippen LogP contribution in [0.4, 0.5) is 0 Å². The maximum absolute atomic E-state index is 12.9. The maximum Gasteiger partial charge on any atom is 0.306 e. The highest BCUT2D eigenvalue weighted by Gasteiger charge is 2.19. The van der Waals surface area contributed by atoms with Crippen LogP contribution in [0.25, 0.3) is 0 Å². The fourth-order valence-electron chi connectivity index (χ4n) is 9.51. The van der Waals surface area contributed by atoms with Crippen LogP contribution in [-0.4, -0.2) is 37.2 Å². The predicted molar refractivity (Wildman–Crippen MR) is 316 cm³/mol. The van der Waals surface area contributed by atoms with Crippen LogP contribution in [0.1, 0.15) is 342 Å². The highest BCUT2D eigenvalue weighted by molar-refractivity contribution is 5.71. The third-order valence-electron chi connectivity index (χ3n) is 14.3. The first-order chi connectivity index (χ1) is 36.0. The normalized spacial score (nSPS) is 12.3. The monoisotopic (exact) mass is 1020 g/mol. The molecule has 0 N–H and O–H groups in total. The first-order valence-electron chi connectivity index (χ1n) is 32.1. The van der Waals surface area contributed by atoms with Crippen molar-refractivity contribution in [3.8, 4) is 0 Å². The van der Waals surface area contributed by atoms with Crippen molar-refractivity contribution in [2.75, 3.05) is 13.2 Å². The molecule has 0 saturated carbocycles. The van der Waals surface area contributed by atoms with E-state index in [1.165, 1.54) is 218 Å². The summed E-state index contributed by atoms with van der Waals surface area (Å²) in [6.07, 6.45) is 76.8. The van der Waals surface area contributed by atoms with E-state index in [1.807, 2.05) is 0 Å². The lowest BCUT2D eigenvalue weighted by Gasteiger charge is -2.18. The van der Waals surface area contributed by atoms with Gasteiger partial charge in [0.05, 0.1) is 0 Å². The Morgan fingerprint density at radius 3 is 0.849 bits per heavy atom. The minimum Gasteiger partial charge on any atom is -0.462 e. The third kappa shape index (κ3) is 60.1. The van der Waals surface area contributed by atoms with Crippen LogP contribution >= 0.6 is 0 Å². The van der Waals surface area contributed by atoms with Gasteiger partial charge in [-0.15, -0.1) is 0 Å². The zero-order chi connectivity index (χ0) is 52.9. The minimum atomic E-state index is -0.779. The smallest absolute Gasteiger partial charge is 0.306 e. The summed E-state index contributed by atoms with van der Waals surface area (Å²) in [6.45, 7) is 6.58. The Kier molecular flexibility index (Phi) is 59.7. The second-order valence-corrected chi connectivity index (χ2v) is 21.6. The molecule has 73 heavy (non-hydrogen) atoms. The van der Waals surface area contributed by atoms with E-state index in [-0.39, 0.29) is 31.1 Å². The van der Waals surface area contributed by atoms with Crippen molar-refractivity contribution in [3.05, 3.63) is 48.6 Å². The van der Waals surface area contributed by atoms with Crippen LogP contribution in [0.15, 0.2) is 48.6 Å². The summed E-state index contributed by atoms with van der Waals surface area (Å²) in [7, 11) is 0. The standard InChI is InChI=1S/C67H122O6/c1-4-7-10-13-16-19-22-25-28-31-34-37-39-42-45-48-51-54-57-60-66(69)72-63-64(73-67(70)61-58-55-52-49-46-43-40-36-33-30-27-24-21-18-15-12-9-6-3)62-71-65(68)59-56-53-50-47-44-41-38-35-32-29-26-23-20-17-14-11-8-5-2/h7,10,16,19,25,28,36,40,64H,4-6,8-9,11-15,17-18,20-24,26-27,29-35,37-39,41-63H2,1-3H3/b10-7-,19-16-,28-25-,40-36-. The Morgan fingerprint density at radius 2 is 0.534 bits per heavy atom. The van der Waals surface area contributed by atoms with Crippen LogP contribution in [0.5, 0.6) is 0 Å². The van der Waals surface area contributed by atoms with E-state index in [1.54, 1.807) is 0 Å². The number of ether oxygens (including phenoxy) is 3. The van der Waals surface area contributed by atoms with Gasteiger partial charge in [-0.3, -0.25) is 14.4 Å². The number of esters is 3. The van der Waals surface area contributed by atoms with Crippen LogP contribution < -0.4 is 0 Å². The van der Waals surface area contributed by atoms with Gasteiger partial charge in [0.1, 0.15) is 13.2 Å². The van der Waals surface area contributed by atoms with Gasteiger partial charge in [0, 0.05) is 19.3 Å². The lowest BCUT2D eigenvalue weighted by molar-refractivity contribution is -0.167. The van der Waals surface area contributed by atoms with Crippen LogP contribution in [0, 0.1) is 0 Å². The van der Waals surface area contributed by atoms with Crippen LogP contribution in [-0.2, 0) is 28.6 Å². The fourth-order valence-corrected chi connectivity index (χ4v) is 9.51. The van der Waals surface area contributed by atoms with Crippen molar-refractivity contribution in [2.45, 2.75) is 348 Å². The van der Waals surface area contributed by atoms with Crippen LogP contribution in [0.3, 0.4) is 0 Å². The number of allylic oxidation sites excluding steroid dienone is 8. The molecule has 0 rings (SSSR count). The van der Waals surface area contributed by atoms with E-state index in [4.69, 9.17) is 14.2 Å². The summed E-state index contributed by atoms with van der Waals surface area (Å²) >= 11 is 0. The Morgan fingerprint density at radius 1 is 0.288 bits per heavy atom. The molecule has 0 aliphatic rings. The SMILES string of the molecule is CC/C=C\C/C=C\C/C=C\CCCCCCCCCCCC(=O)OCC(COC(=O)CCCCCCCCCCCCCCCCCCCC)OC(=O)CCCCCCC/C=C\CCCCCCCCCCC. The van der Waals surface area contributed by atoms with Crippen molar-refractivity contribution in [1.29, 1.82) is 0 Å². The zero-order valence-corrected chi connectivity index (χ0v) is 48.9. The van der Waals surface area contributed by atoms with Gasteiger partial charge in [0.2, 0.25) is 0 Å². The summed E-state index contributed by atoms with van der Waals surface area (Å²) in [4.78, 5) is 38.3. The van der Waals surface area contributed by atoms with E-state index in [0.717, 1.165) is 83.5 Å². The lowest BCUT2D eigenvalue weighted by Crippen LogP contribution is -2.30. The number of carbonyl (C=O) groups is 3. The lowest BCUT2D eigenvalue weighted by atomic mass is 10.0. The van der Waals surface area contributed by atoms with Gasteiger partial charge in [-0.05, 0) is 77.0 Å². The van der Waals surface area contributed by atoms with Crippen molar-refractivity contribution in [3.63, 3.8) is 0 Å². The van der Waals surface area contributed by atoms with Gasteiger partial charge >= 0.3 is 17.9 Å². The maximum atomic E-state index is 12.9. The molecule has 0 bridgehead atoms. The third-order valence-corrected chi connectivity index (χ3v) is 14.3. The molecule has 426 valence electrons. The van der Waals surface area contributed by atoms with Gasteiger partial charge in [-0.25, -0.2) is 0 Å². The van der Waals surface area contributed by atoms with Gasteiger partial charge in [0.25, 0.3) is 0 Å². The molecular formula is C67H122O6. The van der Waals surface area contributed by atoms with Crippen molar-refractivity contribution in [2.24, 2.45) is 0 Å². The molecule has 6 nitrogen and oxygen atoms in total. The number of unbranched alkanes of at least 4 members (excludes halogenated alkanes) is 40.